The summed E-state index contributed by atoms with van der Waals surface area (Å²) in [7, 11) is -3.88. The predicted molar refractivity (Wildman–Crippen MR) is 101 cm³/mol. The maximum Gasteiger partial charge on any atom is 0.269 e. The molecule has 0 atom stereocenters. The Kier molecular flexibility index (Phi) is 6.05. The number of sulfonamides is 1. The van der Waals surface area contributed by atoms with Crippen molar-refractivity contribution >= 4 is 21.8 Å². The molecule has 2 amide bonds. The zero-order valence-electron chi connectivity index (χ0n) is 14.9. The fraction of sp³-hybridized carbons (Fsp3) is 0.0526. The molecule has 3 N–H and O–H groups in total. The van der Waals surface area contributed by atoms with Gasteiger partial charge in [-0.2, -0.15) is 0 Å². The Balaban J connectivity index is 1.64. The van der Waals surface area contributed by atoms with Gasteiger partial charge in [0.05, 0.1) is 17.7 Å². The topological polar surface area (TPSA) is 118 Å². The Morgan fingerprint density at radius 1 is 0.897 bits per heavy atom. The van der Waals surface area contributed by atoms with Gasteiger partial charge in [0.1, 0.15) is 11.6 Å². The van der Waals surface area contributed by atoms with Gasteiger partial charge in [0, 0.05) is 11.1 Å². The summed E-state index contributed by atoms with van der Waals surface area (Å²) >= 11 is 0. The summed E-state index contributed by atoms with van der Waals surface area (Å²) in [5, 5.41) is 0. The molecule has 0 radical (unpaired) electrons. The molecule has 10 heteroatoms. The fourth-order valence-corrected chi connectivity index (χ4v) is 3.37. The Morgan fingerprint density at radius 3 is 2.24 bits per heavy atom. The van der Waals surface area contributed by atoms with E-state index in [1.807, 2.05) is 0 Å². The molecule has 0 saturated heterocycles. The molecular formula is C19H16FN3O5S. The summed E-state index contributed by atoms with van der Waals surface area (Å²) < 4.78 is 45.1. The highest BCUT2D eigenvalue weighted by molar-refractivity contribution is 7.89. The van der Waals surface area contributed by atoms with E-state index >= 15 is 0 Å². The van der Waals surface area contributed by atoms with Crippen LogP contribution in [0.15, 0.2) is 76.2 Å². The third-order valence-electron chi connectivity index (χ3n) is 3.82. The minimum atomic E-state index is -3.88. The molecule has 2 aromatic carbocycles. The van der Waals surface area contributed by atoms with E-state index in [-0.39, 0.29) is 22.6 Å². The highest BCUT2D eigenvalue weighted by Crippen LogP contribution is 2.12. The molecule has 0 aliphatic carbocycles. The van der Waals surface area contributed by atoms with Crippen LogP contribution in [0.3, 0.4) is 0 Å². The Bertz CT molecular complexity index is 1110. The van der Waals surface area contributed by atoms with Gasteiger partial charge in [-0.15, -0.1) is 0 Å². The van der Waals surface area contributed by atoms with Crippen molar-refractivity contribution in [1.29, 1.82) is 0 Å². The van der Waals surface area contributed by atoms with Crippen LogP contribution < -0.4 is 15.6 Å². The number of amides is 2. The molecule has 0 spiro atoms. The SMILES string of the molecule is O=C(NNC(=O)c1cccc(S(=O)(=O)NCc2ccco2)c1)c1ccc(F)cc1. The summed E-state index contributed by atoms with van der Waals surface area (Å²) in [6, 6.07) is 13.3. The van der Waals surface area contributed by atoms with Crippen LogP contribution in [-0.4, -0.2) is 20.2 Å². The molecule has 0 saturated carbocycles. The smallest absolute Gasteiger partial charge is 0.269 e. The fourth-order valence-electron chi connectivity index (χ4n) is 2.33. The van der Waals surface area contributed by atoms with Crippen LogP contribution in [0.2, 0.25) is 0 Å². The van der Waals surface area contributed by atoms with Gasteiger partial charge >= 0.3 is 0 Å². The van der Waals surface area contributed by atoms with Gasteiger partial charge in [0.2, 0.25) is 10.0 Å². The van der Waals surface area contributed by atoms with E-state index in [1.165, 1.54) is 42.7 Å². The summed E-state index contributed by atoms with van der Waals surface area (Å²) in [5.74, 6) is -1.43. The van der Waals surface area contributed by atoms with Gasteiger partial charge < -0.3 is 4.42 Å². The third kappa shape index (κ3) is 5.27. The lowest BCUT2D eigenvalue weighted by atomic mass is 10.2. The van der Waals surface area contributed by atoms with E-state index in [2.05, 4.69) is 15.6 Å². The second-order valence-electron chi connectivity index (χ2n) is 5.85. The number of halogens is 1. The van der Waals surface area contributed by atoms with Crippen molar-refractivity contribution in [2.24, 2.45) is 0 Å². The maximum atomic E-state index is 12.9. The minimum absolute atomic E-state index is 0.0188. The van der Waals surface area contributed by atoms with Gasteiger partial charge in [-0.25, -0.2) is 17.5 Å². The van der Waals surface area contributed by atoms with Crippen LogP contribution in [-0.2, 0) is 16.6 Å². The number of carbonyl (C=O) groups is 2. The zero-order valence-corrected chi connectivity index (χ0v) is 15.7. The third-order valence-corrected chi connectivity index (χ3v) is 5.22. The number of benzene rings is 2. The quantitative estimate of drug-likeness (QED) is 0.530. The first-order valence-corrected chi connectivity index (χ1v) is 9.82. The molecule has 150 valence electrons. The second-order valence-corrected chi connectivity index (χ2v) is 7.61. The Morgan fingerprint density at radius 2 is 1.59 bits per heavy atom. The van der Waals surface area contributed by atoms with Crippen molar-refractivity contribution in [2.75, 3.05) is 0 Å². The molecule has 0 aliphatic rings. The molecule has 0 bridgehead atoms. The summed E-state index contributed by atoms with van der Waals surface area (Å²) in [6.45, 7) is -0.0422. The first kappa shape index (κ1) is 20.2. The van der Waals surface area contributed by atoms with E-state index in [0.29, 0.717) is 5.76 Å². The number of hydrogen-bond donors (Lipinski definition) is 3. The number of nitrogens with one attached hydrogen (secondary N) is 3. The van der Waals surface area contributed by atoms with Gasteiger partial charge in [-0.05, 0) is 54.6 Å². The van der Waals surface area contributed by atoms with Crippen molar-refractivity contribution < 1.29 is 26.8 Å². The molecule has 8 nitrogen and oxygen atoms in total. The van der Waals surface area contributed by atoms with Crippen LogP contribution in [0.4, 0.5) is 4.39 Å². The summed E-state index contributed by atoms with van der Waals surface area (Å²) in [5.41, 5.74) is 4.53. The molecular weight excluding hydrogens is 401 g/mol. The lowest BCUT2D eigenvalue weighted by Crippen LogP contribution is -2.41. The van der Waals surface area contributed by atoms with E-state index < -0.39 is 27.7 Å². The lowest BCUT2D eigenvalue weighted by Gasteiger charge is -2.09. The molecule has 3 rings (SSSR count). The molecule has 3 aromatic rings. The number of furan rings is 1. The second kappa shape index (κ2) is 8.67. The van der Waals surface area contributed by atoms with Crippen molar-refractivity contribution in [3.05, 3.63) is 89.6 Å². The van der Waals surface area contributed by atoms with Crippen molar-refractivity contribution in [3.63, 3.8) is 0 Å². The first-order chi connectivity index (χ1) is 13.8. The number of hydrazine groups is 1. The van der Waals surface area contributed by atoms with Gasteiger partial charge in [0.15, 0.2) is 0 Å². The van der Waals surface area contributed by atoms with E-state index in [1.54, 1.807) is 12.1 Å². The predicted octanol–water partition coefficient (Wildman–Crippen LogP) is 1.97. The van der Waals surface area contributed by atoms with Crippen molar-refractivity contribution in [1.82, 2.24) is 15.6 Å². The minimum Gasteiger partial charge on any atom is -0.468 e. The highest BCUT2D eigenvalue weighted by atomic mass is 32.2. The molecule has 1 heterocycles. The van der Waals surface area contributed by atoms with Gasteiger partial charge in [0.25, 0.3) is 11.8 Å². The lowest BCUT2D eigenvalue weighted by molar-refractivity contribution is 0.0846. The van der Waals surface area contributed by atoms with Gasteiger partial charge in [-0.1, -0.05) is 6.07 Å². The Labute approximate surface area is 165 Å². The Hall–Kier alpha value is -3.50. The summed E-state index contributed by atoms with van der Waals surface area (Å²) in [4.78, 5) is 24.1. The van der Waals surface area contributed by atoms with Gasteiger partial charge in [-0.3, -0.25) is 20.4 Å². The maximum absolute atomic E-state index is 12.9. The molecule has 0 aliphatic heterocycles. The molecule has 1 aromatic heterocycles. The first-order valence-electron chi connectivity index (χ1n) is 8.33. The van der Waals surface area contributed by atoms with Crippen LogP contribution in [0.25, 0.3) is 0 Å². The summed E-state index contributed by atoms with van der Waals surface area (Å²) in [6.07, 6.45) is 1.43. The van der Waals surface area contributed by atoms with Crippen LogP contribution in [0.5, 0.6) is 0 Å². The normalized spacial score (nSPS) is 11.1. The largest absolute Gasteiger partial charge is 0.468 e. The number of rotatable bonds is 6. The number of hydrogen-bond acceptors (Lipinski definition) is 5. The zero-order chi connectivity index (χ0) is 20.9. The standard InChI is InChI=1S/C19H16FN3O5S/c20-15-8-6-13(7-9-15)18(24)22-23-19(25)14-3-1-5-17(11-14)29(26,27)21-12-16-4-2-10-28-16/h1-11,21H,12H2,(H,22,24)(H,23,25). The number of carbonyl (C=O) groups excluding carboxylic acids is 2. The van der Waals surface area contributed by atoms with E-state index in [4.69, 9.17) is 4.42 Å². The molecule has 29 heavy (non-hydrogen) atoms. The van der Waals surface area contributed by atoms with E-state index in [9.17, 15) is 22.4 Å². The molecule has 0 unspecified atom stereocenters. The van der Waals surface area contributed by atoms with Crippen molar-refractivity contribution in [3.8, 4) is 0 Å². The average molecular weight is 417 g/mol. The van der Waals surface area contributed by atoms with Crippen LogP contribution in [0.1, 0.15) is 26.5 Å². The van der Waals surface area contributed by atoms with E-state index in [0.717, 1.165) is 12.1 Å². The monoisotopic (exact) mass is 417 g/mol. The van der Waals surface area contributed by atoms with Crippen LogP contribution in [0, 0.1) is 5.82 Å². The average Bonchev–Trinajstić information content (AvgIpc) is 3.25. The molecule has 0 fully saturated rings. The van der Waals surface area contributed by atoms with Crippen LogP contribution >= 0.6 is 0 Å². The van der Waals surface area contributed by atoms with Crippen molar-refractivity contribution in [2.45, 2.75) is 11.4 Å². The highest BCUT2D eigenvalue weighted by Gasteiger charge is 2.17.